The van der Waals surface area contributed by atoms with Gasteiger partial charge in [0.15, 0.2) is 0 Å². The Labute approximate surface area is 110 Å². The summed E-state index contributed by atoms with van der Waals surface area (Å²) in [5.41, 5.74) is 0.537. The third kappa shape index (κ3) is 4.13. The molecule has 0 saturated carbocycles. The fraction of sp³-hybridized carbons (Fsp3) is 0.250. The van der Waals surface area contributed by atoms with Crippen LogP contribution < -0.4 is 5.32 Å². The molecule has 7 heteroatoms. The smallest absolute Gasteiger partial charge is 0.341 e. The fourth-order valence-corrected chi connectivity index (χ4v) is 2.05. The van der Waals surface area contributed by atoms with Gasteiger partial charge in [0, 0.05) is 6.54 Å². The maximum absolute atomic E-state index is 12.3. The summed E-state index contributed by atoms with van der Waals surface area (Å²) in [6.07, 6.45) is 1.57. The molecular weight excluding hydrogens is 276 g/mol. The average molecular weight is 289 g/mol. The van der Waals surface area contributed by atoms with E-state index in [0.29, 0.717) is 12.1 Å². The molecule has 0 unspecified atom stereocenters. The molecule has 1 N–H and O–H groups in total. The van der Waals surface area contributed by atoms with Crippen molar-refractivity contribution in [1.29, 1.82) is 0 Å². The van der Waals surface area contributed by atoms with Gasteiger partial charge in [-0.05, 0) is 17.7 Å². The van der Waals surface area contributed by atoms with Crippen molar-refractivity contribution in [3.8, 4) is 0 Å². The van der Waals surface area contributed by atoms with Crippen molar-refractivity contribution in [2.75, 3.05) is 6.54 Å². The summed E-state index contributed by atoms with van der Waals surface area (Å²) in [6.45, 7) is 3.77. The van der Waals surface area contributed by atoms with Gasteiger partial charge in [-0.15, -0.1) is 6.58 Å². The number of carbonyl (C=O) groups excluding carboxylic acids is 1. The highest BCUT2D eigenvalue weighted by atomic mass is 32.2. The van der Waals surface area contributed by atoms with Crippen LogP contribution in [-0.2, 0) is 21.1 Å². The molecule has 0 fully saturated rings. The lowest BCUT2D eigenvalue weighted by Crippen LogP contribution is -2.24. The zero-order chi connectivity index (χ0) is 14.5. The van der Waals surface area contributed by atoms with Gasteiger partial charge in [0.25, 0.3) is 0 Å². The standard InChI is InChI=1S/C12H13F2NO3S/c1-2-7-15-11(16)8-9-3-5-10(6-4-9)19(17,18)12(13)14/h2-6,12H,1,7-8H2,(H,15,16). The van der Waals surface area contributed by atoms with Crippen LogP contribution in [0.2, 0.25) is 0 Å². The minimum Gasteiger partial charge on any atom is -0.352 e. The second-order valence-corrected chi connectivity index (χ2v) is 5.64. The molecule has 1 rings (SSSR count). The second-order valence-electron chi connectivity index (χ2n) is 3.72. The topological polar surface area (TPSA) is 63.2 Å². The van der Waals surface area contributed by atoms with Crippen LogP contribution in [0.5, 0.6) is 0 Å². The van der Waals surface area contributed by atoms with Crippen molar-refractivity contribution in [3.05, 3.63) is 42.5 Å². The van der Waals surface area contributed by atoms with E-state index in [0.717, 1.165) is 12.1 Å². The van der Waals surface area contributed by atoms with Gasteiger partial charge in [-0.2, -0.15) is 8.78 Å². The Bertz CT molecular complexity index is 553. The number of hydrogen-bond donors (Lipinski definition) is 1. The second kappa shape index (κ2) is 6.42. The van der Waals surface area contributed by atoms with Crippen LogP contribution in [0.3, 0.4) is 0 Å². The van der Waals surface area contributed by atoms with Crippen LogP contribution in [-0.4, -0.2) is 26.6 Å². The normalized spacial score (nSPS) is 11.3. The van der Waals surface area contributed by atoms with E-state index in [9.17, 15) is 22.0 Å². The number of rotatable bonds is 6. The predicted molar refractivity (Wildman–Crippen MR) is 66.5 cm³/mol. The lowest BCUT2D eigenvalue weighted by Gasteiger charge is -2.05. The summed E-state index contributed by atoms with van der Waals surface area (Å²) in [4.78, 5) is 10.9. The van der Waals surface area contributed by atoms with E-state index in [4.69, 9.17) is 0 Å². The third-order valence-electron chi connectivity index (χ3n) is 2.29. The maximum Gasteiger partial charge on any atom is 0.341 e. The molecule has 0 aliphatic rings. The van der Waals surface area contributed by atoms with Gasteiger partial charge in [0.2, 0.25) is 15.7 Å². The van der Waals surface area contributed by atoms with Crippen LogP contribution in [0.15, 0.2) is 41.8 Å². The molecule has 0 aliphatic heterocycles. The van der Waals surface area contributed by atoms with Crippen LogP contribution in [0.4, 0.5) is 8.78 Å². The first-order valence-corrected chi connectivity index (χ1v) is 6.91. The van der Waals surface area contributed by atoms with Crippen molar-refractivity contribution >= 4 is 15.7 Å². The van der Waals surface area contributed by atoms with Crippen molar-refractivity contribution in [3.63, 3.8) is 0 Å². The van der Waals surface area contributed by atoms with Crippen LogP contribution >= 0.6 is 0 Å². The molecule has 19 heavy (non-hydrogen) atoms. The maximum atomic E-state index is 12.3. The summed E-state index contributed by atoms with van der Waals surface area (Å²) in [5.74, 6) is -3.71. The van der Waals surface area contributed by atoms with Gasteiger partial charge in [-0.3, -0.25) is 4.79 Å². The van der Waals surface area contributed by atoms with Gasteiger partial charge >= 0.3 is 5.76 Å². The van der Waals surface area contributed by atoms with E-state index in [2.05, 4.69) is 11.9 Å². The quantitative estimate of drug-likeness (QED) is 0.808. The summed E-state index contributed by atoms with van der Waals surface area (Å²) in [6, 6.07) is 4.81. The molecule has 0 bridgehead atoms. The lowest BCUT2D eigenvalue weighted by atomic mass is 10.1. The highest BCUT2D eigenvalue weighted by Crippen LogP contribution is 2.18. The zero-order valence-corrected chi connectivity index (χ0v) is 10.8. The molecular formula is C12H13F2NO3S. The van der Waals surface area contributed by atoms with E-state index in [1.165, 1.54) is 18.2 Å². The van der Waals surface area contributed by atoms with Crippen molar-refractivity contribution < 1.29 is 22.0 Å². The van der Waals surface area contributed by atoms with E-state index >= 15 is 0 Å². The van der Waals surface area contributed by atoms with E-state index in [1.54, 1.807) is 0 Å². The Morgan fingerprint density at radius 1 is 1.32 bits per heavy atom. The zero-order valence-electron chi connectivity index (χ0n) is 9.97. The molecule has 0 saturated heterocycles. The Morgan fingerprint density at radius 3 is 2.37 bits per heavy atom. The van der Waals surface area contributed by atoms with Crippen LogP contribution in [0, 0.1) is 0 Å². The minimum atomic E-state index is -4.58. The molecule has 0 aliphatic carbocycles. The molecule has 4 nitrogen and oxygen atoms in total. The monoisotopic (exact) mass is 289 g/mol. The number of nitrogens with one attached hydrogen (secondary N) is 1. The first-order valence-electron chi connectivity index (χ1n) is 5.36. The molecule has 0 aromatic heterocycles. The Kier molecular flexibility index (Phi) is 5.17. The van der Waals surface area contributed by atoms with Gasteiger partial charge in [0.1, 0.15) is 0 Å². The molecule has 0 radical (unpaired) electrons. The van der Waals surface area contributed by atoms with Gasteiger partial charge in [-0.1, -0.05) is 18.2 Å². The largest absolute Gasteiger partial charge is 0.352 e. The molecule has 0 atom stereocenters. The first-order chi connectivity index (χ1) is 8.87. The summed E-state index contributed by atoms with van der Waals surface area (Å²) >= 11 is 0. The SMILES string of the molecule is C=CCNC(=O)Cc1ccc(S(=O)(=O)C(F)F)cc1. The van der Waals surface area contributed by atoms with Gasteiger partial charge in [0.05, 0.1) is 11.3 Å². The molecule has 0 heterocycles. The molecule has 1 aromatic carbocycles. The van der Waals surface area contributed by atoms with Crippen LogP contribution in [0.1, 0.15) is 5.56 Å². The Morgan fingerprint density at radius 2 is 1.89 bits per heavy atom. The summed E-state index contributed by atoms with van der Waals surface area (Å²) in [5, 5.41) is 2.55. The number of benzene rings is 1. The third-order valence-corrected chi connectivity index (χ3v) is 3.69. The van der Waals surface area contributed by atoms with E-state index in [-0.39, 0.29) is 12.3 Å². The summed E-state index contributed by atoms with van der Waals surface area (Å²) in [7, 11) is -4.58. The number of carbonyl (C=O) groups is 1. The van der Waals surface area contributed by atoms with Crippen molar-refractivity contribution in [1.82, 2.24) is 5.32 Å². The highest BCUT2D eigenvalue weighted by molar-refractivity contribution is 7.91. The highest BCUT2D eigenvalue weighted by Gasteiger charge is 2.26. The van der Waals surface area contributed by atoms with Gasteiger partial charge in [-0.25, -0.2) is 8.42 Å². The molecule has 104 valence electrons. The predicted octanol–water partition coefficient (Wildman–Crippen LogP) is 1.53. The number of sulfone groups is 1. The minimum absolute atomic E-state index is 0.0445. The lowest BCUT2D eigenvalue weighted by molar-refractivity contribution is -0.120. The van der Waals surface area contributed by atoms with E-state index < -0.39 is 20.5 Å². The number of alkyl halides is 2. The summed E-state index contributed by atoms with van der Waals surface area (Å²) < 4.78 is 46.9. The van der Waals surface area contributed by atoms with Gasteiger partial charge < -0.3 is 5.32 Å². The first kappa shape index (κ1) is 15.3. The number of halogens is 2. The van der Waals surface area contributed by atoms with E-state index in [1.807, 2.05) is 0 Å². The Hall–Kier alpha value is -1.76. The number of amides is 1. The Balaban J connectivity index is 2.77. The molecule has 0 spiro atoms. The van der Waals surface area contributed by atoms with Crippen molar-refractivity contribution in [2.24, 2.45) is 0 Å². The molecule has 1 aromatic rings. The van der Waals surface area contributed by atoms with Crippen LogP contribution in [0.25, 0.3) is 0 Å². The average Bonchev–Trinajstić information content (AvgIpc) is 2.36. The fourth-order valence-electron chi connectivity index (χ4n) is 1.33. The number of hydrogen-bond acceptors (Lipinski definition) is 3. The molecule has 1 amide bonds. The van der Waals surface area contributed by atoms with Crippen molar-refractivity contribution in [2.45, 2.75) is 17.1 Å².